The normalized spacial score (nSPS) is 34.5. The topological polar surface area (TPSA) is 57.3 Å². The Labute approximate surface area is 148 Å². The molecule has 0 spiro atoms. The molecule has 1 amide bonds. The van der Waals surface area contributed by atoms with Gasteiger partial charge in [0.1, 0.15) is 6.54 Å². The lowest BCUT2D eigenvalue weighted by atomic mass is 9.67. The third-order valence-corrected chi connectivity index (χ3v) is 5.93. The highest BCUT2D eigenvalue weighted by atomic mass is 19.4. The largest absolute Gasteiger partial charge is 0.406 e. The number of alkyl halides is 3. The van der Waals surface area contributed by atoms with Gasteiger partial charge in [-0.1, -0.05) is 6.07 Å². The van der Waals surface area contributed by atoms with Crippen LogP contribution < -0.4 is 10.9 Å². The Morgan fingerprint density at radius 3 is 2.85 bits per heavy atom. The maximum atomic E-state index is 14.1. The molecule has 26 heavy (non-hydrogen) atoms. The van der Waals surface area contributed by atoms with Crippen molar-refractivity contribution in [3.63, 3.8) is 0 Å². The molecule has 1 aromatic heterocycles. The zero-order valence-corrected chi connectivity index (χ0v) is 14.0. The summed E-state index contributed by atoms with van der Waals surface area (Å²) < 4.78 is 53.4. The molecule has 5 nitrogen and oxygen atoms in total. The van der Waals surface area contributed by atoms with Crippen molar-refractivity contribution in [2.45, 2.75) is 43.4 Å². The van der Waals surface area contributed by atoms with Crippen LogP contribution in [0.4, 0.5) is 17.6 Å². The van der Waals surface area contributed by atoms with Crippen LogP contribution in [0.25, 0.3) is 0 Å². The van der Waals surface area contributed by atoms with Gasteiger partial charge in [-0.2, -0.15) is 17.6 Å². The summed E-state index contributed by atoms with van der Waals surface area (Å²) in [7, 11) is 0. The number of nitrogens with zero attached hydrogens (tertiary/aromatic N) is 2. The van der Waals surface area contributed by atoms with Gasteiger partial charge in [0, 0.05) is 30.4 Å². The zero-order chi connectivity index (χ0) is 18.5. The van der Waals surface area contributed by atoms with Crippen LogP contribution in [0.3, 0.4) is 0 Å². The average molecular weight is 372 g/mol. The molecule has 0 aromatic carbocycles. The lowest BCUT2D eigenvalue weighted by molar-refractivity contribution is -0.178. The minimum absolute atomic E-state index is 0.0777. The van der Waals surface area contributed by atoms with E-state index in [2.05, 4.69) is 15.8 Å². The second-order valence-corrected chi connectivity index (χ2v) is 7.36. The molecule has 1 aliphatic carbocycles. The number of fused-ring (bicyclic) bond motifs is 3. The number of halogens is 4. The smallest absolute Gasteiger partial charge is 0.330 e. The number of hydrazine groups is 1. The Kier molecular flexibility index (Phi) is 4.38. The van der Waals surface area contributed by atoms with E-state index in [1.807, 2.05) is 0 Å². The molecule has 3 heterocycles. The van der Waals surface area contributed by atoms with Crippen LogP contribution in [0.1, 0.15) is 30.7 Å². The molecule has 5 unspecified atom stereocenters. The molecule has 2 N–H and O–H groups in total. The van der Waals surface area contributed by atoms with E-state index < -0.39 is 36.5 Å². The van der Waals surface area contributed by atoms with Crippen molar-refractivity contribution in [2.24, 2.45) is 11.8 Å². The fraction of sp³-hybridized carbons (Fsp3) is 0.647. The molecule has 2 saturated heterocycles. The van der Waals surface area contributed by atoms with Crippen LogP contribution in [0, 0.1) is 17.8 Å². The van der Waals surface area contributed by atoms with Gasteiger partial charge in [0.2, 0.25) is 11.9 Å². The lowest BCUT2D eigenvalue weighted by Crippen LogP contribution is -2.63. The molecular formula is C17H20F4N4O. The Hall–Kier alpha value is -1.74. The van der Waals surface area contributed by atoms with Crippen LogP contribution >= 0.6 is 0 Å². The van der Waals surface area contributed by atoms with Crippen molar-refractivity contribution in [2.75, 3.05) is 13.1 Å². The molecule has 1 saturated carbocycles. The number of piperidine rings is 1. The van der Waals surface area contributed by atoms with E-state index in [9.17, 15) is 22.4 Å². The van der Waals surface area contributed by atoms with Gasteiger partial charge in [-0.3, -0.25) is 15.6 Å². The van der Waals surface area contributed by atoms with E-state index in [4.69, 9.17) is 0 Å². The summed E-state index contributed by atoms with van der Waals surface area (Å²) in [6, 6.07) is 2.53. The zero-order valence-electron chi connectivity index (χ0n) is 14.0. The van der Waals surface area contributed by atoms with E-state index >= 15 is 0 Å². The van der Waals surface area contributed by atoms with Gasteiger partial charge in [-0.15, -0.1) is 0 Å². The Morgan fingerprint density at radius 2 is 2.12 bits per heavy atom. The minimum atomic E-state index is -4.46. The van der Waals surface area contributed by atoms with Gasteiger partial charge >= 0.3 is 6.18 Å². The first kappa shape index (κ1) is 17.7. The standard InChI is InChI=1S/C17H20F4N4O/c18-15-10(2-1-5-22-15)9-3-4-11-13(6-9)25(8-17(19,20)21)16(26)12-7-23-24-14(11)12/h1-2,5,9,11-14,23-24H,3-4,6-8H2. The molecule has 4 rings (SSSR count). The van der Waals surface area contributed by atoms with E-state index in [1.165, 1.54) is 6.20 Å². The summed E-state index contributed by atoms with van der Waals surface area (Å²) in [5, 5.41) is 0. The van der Waals surface area contributed by atoms with Crippen LogP contribution in [0.2, 0.25) is 0 Å². The number of hydrogen-bond acceptors (Lipinski definition) is 4. The number of carbonyl (C=O) groups excluding carboxylic acids is 1. The highest BCUT2D eigenvalue weighted by Crippen LogP contribution is 2.45. The maximum absolute atomic E-state index is 14.1. The highest BCUT2D eigenvalue weighted by molar-refractivity contribution is 5.82. The van der Waals surface area contributed by atoms with E-state index in [-0.39, 0.29) is 17.9 Å². The van der Waals surface area contributed by atoms with Crippen molar-refractivity contribution < 1.29 is 22.4 Å². The first-order valence-electron chi connectivity index (χ1n) is 8.81. The summed E-state index contributed by atoms with van der Waals surface area (Å²) in [6.07, 6.45) is -1.48. The van der Waals surface area contributed by atoms with Gasteiger partial charge < -0.3 is 4.90 Å². The van der Waals surface area contributed by atoms with Crippen LogP contribution in [0.5, 0.6) is 0 Å². The molecule has 9 heteroatoms. The van der Waals surface area contributed by atoms with Crippen molar-refractivity contribution in [3.8, 4) is 0 Å². The Morgan fingerprint density at radius 1 is 1.31 bits per heavy atom. The summed E-state index contributed by atoms with van der Waals surface area (Å²) in [4.78, 5) is 17.4. The fourth-order valence-corrected chi connectivity index (χ4v) is 4.86. The van der Waals surface area contributed by atoms with Gasteiger partial charge in [-0.25, -0.2) is 4.98 Å². The van der Waals surface area contributed by atoms with Gasteiger partial charge in [0.15, 0.2) is 0 Å². The number of pyridine rings is 1. The molecule has 0 bridgehead atoms. The number of carbonyl (C=O) groups is 1. The maximum Gasteiger partial charge on any atom is 0.406 e. The quantitative estimate of drug-likeness (QED) is 0.616. The van der Waals surface area contributed by atoms with Gasteiger partial charge in [-0.05, 0) is 37.2 Å². The molecular weight excluding hydrogens is 352 g/mol. The van der Waals surface area contributed by atoms with Crippen LogP contribution in [-0.4, -0.2) is 47.1 Å². The molecule has 1 aromatic rings. The summed E-state index contributed by atoms with van der Waals surface area (Å²) in [5.74, 6) is -1.85. The van der Waals surface area contributed by atoms with E-state index in [0.29, 0.717) is 31.4 Å². The third kappa shape index (κ3) is 3.07. The first-order valence-corrected chi connectivity index (χ1v) is 8.81. The SMILES string of the molecule is O=C1C2CNNC2C2CCC(c3cccnc3F)CC2N1CC(F)(F)F. The van der Waals surface area contributed by atoms with Crippen LogP contribution in [-0.2, 0) is 4.79 Å². The predicted molar refractivity (Wildman–Crippen MR) is 84.2 cm³/mol. The number of rotatable bonds is 2. The first-order chi connectivity index (χ1) is 12.3. The second-order valence-electron chi connectivity index (χ2n) is 7.36. The average Bonchev–Trinajstić information content (AvgIpc) is 3.08. The number of likely N-dealkylation sites (tertiary alicyclic amines) is 1. The molecule has 142 valence electrons. The fourth-order valence-electron chi connectivity index (χ4n) is 4.86. The lowest BCUT2D eigenvalue weighted by Gasteiger charge is -2.50. The van der Waals surface area contributed by atoms with Gasteiger partial charge in [0.05, 0.1) is 5.92 Å². The second kappa shape index (κ2) is 6.45. The van der Waals surface area contributed by atoms with E-state index in [1.54, 1.807) is 12.1 Å². The summed E-state index contributed by atoms with van der Waals surface area (Å²) in [5.41, 5.74) is 6.41. The summed E-state index contributed by atoms with van der Waals surface area (Å²) >= 11 is 0. The number of amides is 1. The van der Waals surface area contributed by atoms with Crippen molar-refractivity contribution in [3.05, 3.63) is 29.8 Å². The van der Waals surface area contributed by atoms with Crippen LogP contribution in [0.15, 0.2) is 18.3 Å². The molecule has 0 radical (unpaired) electrons. The molecule has 2 aliphatic heterocycles. The molecule has 3 aliphatic rings. The monoisotopic (exact) mass is 372 g/mol. The molecule has 5 atom stereocenters. The molecule has 3 fully saturated rings. The number of hydrogen-bond donors (Lipinski definition) is 2. The Balaban J connectivity index is 1.64. The minimum Gasteiger partial charge on any atom is -0.330 e. The van der Waals surface area contributed by atoms with Gasteiger partial charge in [0.25, 0.3) is 0 Å². The van der Waals surface area contributed by atoms with Crippen molar-refractivity contribution >= 4 is 5.91 Å². The predicted octanol–water partition coefficient (Wildman–Crippen LogP) is 1.97. The highest BCUT2D eigenvalue weighted by Gasteiger charge is 2.54. The van der Waals surface area contributed by atoms with Crippen molar-refractivity contribution in [1.82, 2.24) is 20.7 Å². The number of nitrogens with one attached hydrogen (secondary N) is 2. The summed E-state index contributed by atoms with van der Waals surface area (Å²) in [6.45, 7) is -0.916. The van der Waals surface area contributed by atoms with Crippen molar-refractivity contribution in [1.29, 1.82) is 0 Å². The third-order valence-electron chi connectivity index (χ3n) is 5.93. The van der Waals surface area contributed by atoms with E-state index in [0.717, 1.165) is 4.90 Å². The number of aromatic nitrogens is 1. The Bertz CT molecular complexity index is 698.